The smallest absolute Gasteiger partial charge is 0.324 e. The number of esters is 1. The number of carbonyl (C=O) groups excluding carboxylic acids is 1. The van der Waals surface area contributed by atoms with Gasteiger partial charge in [-0.2, -0.15) is 9.41 Å². The van der Waals surface area contributed by atoms with Crippen molar-refractivity contribution in [3.8, 4) is 5.75 Å². The Bertz CT molecular complexity index is 850. The van der Waals surface area contributed by atoms with Crippen LogP contribution in [0.3, 0.4) is 0 Å². The summed E-state index contributed by atoms with van der Waals surface area (Å²) < 4.78 is 38.2. The third-order valence-electron chi connectivity index (χ3n) is 5.16. The largest absolute Gasteiger partial charge is 0.494 e. The van der Waals surface area contributed by atoms with Crippen molar-refractivity contribution in [2.24, 2.45) is 5.10 Å². The number of ether oxygens (including phenoxy) is 2. The lowest BCUT2D eigenvalue weighted by atomic mass is 10.2. The van der Waals surface area contributed by atoms with Crippen LogP contribution in [0.4, 0.5) is 0 Å². The van der Waals surface area contributed by atoms with E-state index in [-0.39, 0.29) is 17.9 Å². The normalized spacial score (nSPS) is 21.7. The van der Waals surface area contributed by atoms with E-state index in [9.17, 15) is 13.2 Å². The summed E-state index contributed by atoms with van der Waals surface area (Å²) in [7, 11) is -2.63. The predicted molar refractivity (Wildman–Crippen MR) is 113 cm³/mol. The topological polar surface area (TPSA) is 101 Å². The highest BCUT2D eigenvalue weighted by Gasteiger charge is 2.43. The highest BCUT2D eigenvalue weighted by Crippen LogP contribution is 2.27. The molecule has 0 amide bonds. The molecule has 10 heteroatoms. The summed E-state index contributed by atoms with van der Waals surface area (Å²) >= 11 is 0. The second-order valence-corrected chi connectivity index (χ2v) is 9.23. The van der Waals surface area contributed by atoms with Gasteiger partial charge in [-0.05, 0) is 30.7 Å². The molecule has 3 rings (SSSR count). The summed E-state index contributed by atoms with van der Waals surface area (Å²) in [4.78, 5) is 12.4. The van der Waals surface area contributed by atoms with Crippen LogP contribution in [0.1, 0.15) is 26.2 Å². The lowest BCUT2D eigenvalue weighted by Gasteiger charge is -2.25. The number of hydrogen-bond acceptors (Lipinski definition) is 8. The standard InChI is InChI=1S/C20H30N4O5S/c1-3-4-13-29-17-5-7-18(8-6-17)30(26,27)24-15-16(14-19(24)20(25)28-2)22-23-11-9-21-10-12-23/h5-8,19,21H,3-4,9-15H2,1-2H3/b22-16+/t19-/m1/s1. The van der Waals surface area contributed by atoms with E-state index in [1.807, 2.05) is 5.01 Å². The number of nitrogens with one attached hydrogen (secondary N) is 1. The van der Waals surface area contributed by atoms with Gasteiger partial charge in [0.05, 0.1) is 30.9 Å². The summed E-state index contributed by atoms with van der Waals surface area (Å²) in [5, 5.41) is 9.76. The van der Waals surface area contributed by atoms with Crippen molar-refractivity contribution in [2.45, 2.75) is 37.1 Å². The first-order valence-electron chi connectivity index (χ1n) is 10.3. The fourth-order valence-corrected chi connectivity index (χ4v) is 5.04. The molecule has 0 saturated carbocycles. The van der Waals surface area contributed by atoms with Gasteiger partial charge in [-0.15, -0.1) is 0 Å². The molecule has 166 valence electrons. The zero-order valence-corrected chi connectivity index (χ0v) is 18.4. The highest BCUT2D eigenvalue weighted by atomic mass is 32.2. The lowest BCUT2D eigenvalue weighted by molar-refractivity contribution is -0.144. The Balaban J connectivity index is 1.79. The summed E-state index contributed by atoms with van der Waals surface area (Å²) in [6.45, 7) is 5.88. The zero-order valence-electron chi connectivity index (χ0n) is 17.5. The van der Waals surface area contributed by atoms with Crippen LogP contribution in [0.15, 0.2) is 34.3 Å². The number of carbonyl (C=O) groups is 1. The van der Waals surface area contributed by atoms with Crippen LogP contribution in [-0.4, -0.2) is 81.9 Å². The fraction of sp³-hybridized carbons (Fsp3) is 0.600. The van der Waals surface area contributed by atoms with Gasteiger partial charge in [0.25, 0.3) is 0 Å². The molecular formula is C20H30N4O5S. The first-order valence-corrected chi connectivity index (χ1v) is 11.7. The Labute approximate surface area is 178 Å². The molecule has 2 saturated heterocycles. The van der Waals surface area contributed by atoms with E-state index in [1.165, 1.54) is 23.5 Å². The molecule has 0 unspecified atom stereocenters. The Morgan fingerprint density at radius 1 is 1.23 bits per heavy atom. The Hall–Kier alpha value is -2.17. The van der Waals surface area contributed by atoms with E-state index in [0.717, 1.165) is 39.0 Å². The maximum atomic E-state index is 13.3. The lowest BCUT2D eigenvalue weighted by Crippen LogP contribution is -2.41. The maximum Gasteiger partial charge on any atom is 0.324 e. The number of nitrogens with zero attached hydrogens (tertiary/aromatic N) is 3. The quantitative estimate of drug-likeness (QED) is 0.478. The number of unbranched alkanes of at least 4 members (excludes halogenated alkanes) is 1. The molecule has 0 aromatic heterocycles. The van der Waals surface area contributed by atoms with E-state index in [2.05, 4.69) is 17.3 Å². The van der Waals surface area contributed by atoms with E-state index < -0.39 is 22.0 Å². The molecule has 30 heavy (non-hydrogen) atoms. The first-order chi connectivity index (χ1) is 14.5. The van der Waals surface area contributed by atoms with Crippen LogP contribution in [0.2, 0.25) is 0 Å². The second kappa shape index (κ2) is 10.2. The Morgan fingerprint density at radius 2 is 1.93 bits per heavy atom. The maximum absolute atomic E-state index is 13.3. The highest BCUT2D eigenvalue weighted by molar-refractivity contribution is 7.89. The SMILES string of the molecule is CCCCOc1ccc(S(=O)(=O)N2C/C(=N/N3CCNCC3)C[C@@H]2C(=O)OC)cc1. The number of piperazine rings is 1. The van der Waals surface area contributed by atoms with Crippen LogP contribution >= 0.6 is 0 Å². The summed E-state index contributed by atoms with van der Waals surface area (Å²) in [5.74, 6) is 0.0397. The molecule has 1 aromatic carbocycles. The number of sulfonamides is 1. The van der Waals surface area contributed by atoms with Gasteiger partial charge in [0.2, 0.25) is 10.0 Å². The van der Waals surface area contributed by atoms with Crippen molar-refractivity contribution in [1.82, 2.24) is 14.6 Å². The first kappa shape index (κ1) is 22.5. The van der Waals surface area contributed by atoms with Gasteiger partial charge in [-0.25, -0.2) is 8.42 Å². The number of benzene rings is 1. The average molecular weight is 439 g/mol. The molecule has 0 bridgehead atoms. The number of rotatable bonds is 8. The van der Waals surface area contributed by atoms with Gasteiger partial charge in [0.15, 0.2) is 0 Å². The van der Waals surface area contributed by atoms with Gasteiger partial charge < -0.3 is 14.8 Å². The molecular weight excluding hydrogens is 408 g/mol. The minimum Gasteiger partial charge on any atom is -0.494 e. The fourth-order valence-electron chi connectivity index (χ4n) is 3.47. The van der Waals surface area contributed by atoms with E-state index >= 15 is 0 Å². The third kappa shape index (κ3) is 5.30. The van der Waals surface area contributed by atoms with Crippen LogP contribution in [0.5, 0.6) is 5.75 Å². The Kier molecular flexibility index (Phi) is 7.68. The minimum atomic E-state index is -3.89. The summed E-state index contributed by atoms with van der Waals surface area (Å²) in [5.41, 5.74) is 0.662. The van der Waals surface area contributed by atoms with Crippen molar-refractivity contribution >= 4 is 21.7 Å². The van der Waals surface area contributed by atoms with E-state index in [0.29, 0.717) is 18.1 Å². The van der Waals surface area contributed by atoms with Crippen LogP contribution < -0.4 is 10.1 Å². The molecule has 1 aromatic rings. The monoisotopic (exact) mass is 438 g/mol. The molecule has 2 heterocycles. The van der Waals surface area contributed by atoms with Crippen LogP contribution in [-0.2, 0) is 19.6 Å². The Morgan fingerprint density at radius 3 is 2.57 bits per heavy atom. The number of hydrogen-bond donors (Lipinski definition) is 1. The van der Waals surface area contributed by atoms with Crippen molar-refractivity contribution < 1.29 is 22.7 Å². The van der Waals surface area contributed by atoms with Gasteiger partial charge in [-0.3, -0.25) is 9.80 Å². The van der Waals surface area contributed by atoms with Crippen molar-refractivity contribution in [2.75, 3.05) is 46.4 Å². The van der Waals surface area contributed by atoms with Gasteiger partial charge in [0, 0.05) is 32.6 Å². The summed E-state index contributed by atoms with van der Waals surface area (Å²) in [6.07, 6.45) is 2.19. The molecule has 2 fully saturated rings. The molecule has 0 aliphatic carbocycles. The van der Waals surface area contributed by atoms with Gasteiger partial charge in [0.1, 0.15) is 11.8 Å². The zero-order chi connectivity index (χ0) is 21.6. The molecule has 1 atom stereocenters. The van der Waals surface area contributed by atoms with E-state index in [1.54, 1.807) is 12.1 Å². The average Bonchev–Trinajstić information content (AvgIpc) is 3.19. The number of hydrazone groups is 1. The molecule has 0 spiro atoms. The van der Waals surface area contributed by atoms with Crippen LogP contribution in [0, 0.1) is 0 Å². The molecule has 0 radical (unpaired) electrons. The summed E-state index contributed by atoms with van der Waals surface area (Å²) in [6, 6.07) is 5.39. The molecule has 1 N–H and O–H groups in total. The molecule has 9 nitrogen and oxygen atoms in total. The molecule has 2 aliphatic heterocycles. The third-order valence-corrected chi connectivity index (χ3v) is 7.03. The van der Waals surface area contributed by atoms with Crippen LogP contribution in [0.25, 0.3) is 0 Å². The second-order valence-electron chi connectivity index (χ2n) is 7.34. The van der Waals surface area contributed by atoms with Crippen molar-refractivity contribution in [3.63, 3.8) is 0 Å². The number of methoxy groups -OCH3 is 1. The van der Waals surface area contributed by atoms with Crippen molar-refractivity contribution in [3.05, 3.63) is 24.3 Å². The predicted octanol–water partition coefficient (Wildman–Crippen LogP) is 1.06. The van der Waals surface area contributed by atoms with E-state index in [4.69, 9.17) is 9.47 Å². The van der Waals surface area contributed by atoms with Gasteiger partial charge in [-0.1, -0.05) is 13.3 Å². The van der Waals surface area contributed by atoms with Crippen molar-refractivity contribution in [1.29, 1.82) is 0 Å². The minimum absolute atomic E-state index is 0.0702. The molecule has 2 aliphatic rings. The van der Waals surface area contributed by atoms with Gasteiger partial charge >= 0.3 is 5.97 Å².